The van der Waals surface area contributed by atoms with Crippen molar-refractivity contribution in [3.8, 4) is 0 Å². The lowest BCUT2D eigenvalue weighted by molar-refractivity contribution is -0.168. The highest BCUT2D eigenvalue weighted by Crippen LogP contribution is 2.16. The van der Waals surface area contributed by atoms with Crippen LogP contribution in [0.5, 0.6) is 0 Å². The van der Waals surface area contributed by atoms with Crippen molar-refractivity contribution in [3.63, 3.8) is 0 Å². The van der Waals surface area contributed by atoms with Crippen LogP contribution in [0.3, 0.4) is 0 Å². The van der Waals surface area contributed by atoms with E-state index in [2.05, 4.69) is 31.2 Å². The highest BCUT2D eigenvalue weighted by Gasteiger charge is 2.13. The lowest BCUT2D eigenvalue weighted by Gasteiger charge is -2.22. The van der Waals surface area contributed by atoms with Gasteiger partial charge in [0.05, 0.1) is 6.61 Å². The average molecular weight is 220 g/mol. The van der Waals surface area contributed by atoms with E-state index in [-0.39, 0.29) is 6.29 Å². The average Bonchev–Trinajstić information content (AvgIpc) is 2.38. The molecule has 1 atom stereocenters. The Bertz CT molecular complexity index is 316. The molecule has 0 amide bonds. The van der Waals surface area contributed by atoms with Gasteiger partial charge in [0.2, 0.25) is 0 Å². The van der Waals surface area contributed by atoms with Gasteiger partial charge >= 0.3 is 0 Å². The number of benzene rings is 1. The highest BCUT2D eigenvalue weighted by molar-refractivity contribution is 5.22. The predicted octanol–water partition coefficient (Wildman–Crippen LogP) is 3.29. The molecule has 0 N–H and O–H groups in total. The topological polar surface area (TPSA) is 18.5 Å². The van der Waals surface area contributed by atoms with Gasteiger partial charge in [-0.3, -0.25) is 0 Å². The van der Waals surface area contributed by atoms with Crippen LogP contribution in [0.2, 0.25) is 0 Å². The number of hydrogen-bond acceptors (Lipinski definition) is 2. The first-order valence-corrected chi connectivity index (χ1v) is 6.19. The first-order chi connectivity index (χ1) is 7.88. The van der Waals surface area contributed by atoms with Gasteiger partial charge in [-0.15, -0.1) is 0 Å². The van der Waals surface area contributed by atoms with Gasteiger partial charge in [-0.25, -0.2) is 0 Å². The third-order valence-corrected chi connectivity index (χ3v) is 2.97. The number of hydrogen-bond donors (Lipinski definition) is 0. The molecule has 0 aromatic heterocycles. The van der Waals surface area contributed by atoms with Gasteiger partial charge in [-0.05, 0) is 36.8 Å². The minimum Gasteiger partial charge on any atom is -0.353 e. The predicted molar refractivity (Wildman–Crippen MR) is 64.2 cm³/mol. The van der Waals surface area contributed by atoms with Gasteiger partial charge in [0.25, 0.3) is 0 Å². The fraction of sp³-hybridized carbons (Fsp3) is 0.571. The molecular formula is C14H20O2. The number of rotatable bonds is 4. The van der Waals surface area contributed by atoms with E-state index in [1.54, 1.807) is 0 Å². The van der Waals surface area contributed by atoms with Crippen LogP contribution in [0, 0.1) is 0 Å². The maximum absolute atomic E-state index is 5.75. The Balaban J connectivity index is 1.83. The van der Waals surface area contributed by atoms with E-state index in [9.17, 15) is 0 Å². The quantitative estimate of drug-likeness (QED) is 0.775. The summed E-state index contributed by atoms with van der Waals surface area (Å²) in [5, 5.41) is 0. The zero-order chi connectivity index (χ0) is 11.2. The van der Waals surface area contributed by atoms with Crippen molar-refractivity contribution in [1.82, 2.24) is 0 Å². The monoisotopic (exact) mass is 220 g/mol. The van der Waals surface area contributed by atoms with Crippen molar-refractivity contribution in [3.05, 3.63) is 35.4 Å². The molecule has 1 aliphatic rings. The zero-order valence-electron chi connectivity index (χ0n) is 9.95. The van der Waals surface area contributed by atoms with E-state index in [0.717, 1.165) is 19.4 Å². The van der Waals surface area contributed by atoms with Crippen molar-refractivity contribution in [2.75, 3.05) is 6.61 Å². The Labute approximate surface area is 97.6 Å². The third kappa shape index (κ3) is 3.32. The Hall–Kier alpha value is -0.860. The van der Waals surface area contributed by atoms with Gasteiger partial charge < -0.3 is 9.47 Å². The SMILES string of the molecule is CCc1cccc(COC2CCCCO2)c1. The molecule has 1 aromatic carbocycles. The summed E-state index contributed by atoms with van der Waals surface area (Å²) in [5.41, 5.74) is 2.61. The Kier molecular flexibility index (Phi) is 4.37. The first-order valence-electron chi connectivity index (χ1n) is 6.19. The van der Waals surface area contributed by atoms with Gasteiger partial charge in [-0.1, -0.05) is 31.2 Å². The molecule has 1 unspecified atom stereocenters. The van der Waals surface area contributed by atoms with Crippen LogP contribution >= 0.6 is 0 Å². The van der Waals surface area contributed by atoms with E-state index in [1.165, 1.54) is 24.0 Å². The summed E-state index contributed by atoms with van der Waals surface area (Å²) >= 11 is 0. The second-order valence-electron chi connectivity index (χ2n) is 4.28. The lowest BCUT2D eigenvalue weighted by atomic mass is 10.1. The fourth-order valence-electron chi connectivity index (χ4n) is 1.97. The van der Waals surface area contributed by atoms with Crippen molar-refractivity contribution in [1.29, 1.82) is 0 Å². The Morgan fingerprint density at radius 3 is 2.94 bits per heavy atom. The molecule has 1 saturated heterocycles. The molecule has 2 heteroatoms. The van der Waals surface area contributed by atoms with Crippen LogP contribution < -0.4 is 0 Å². The van der Waals surface area contributed by atoms with Crippen LogP contribution in [0.25, 0.3) is 0 Å². The van der Waals surface area contributed by atoms with Crippen molar-refractivity contribution < 1.29 is 9.47 Å². The Morgan fingerprint density at radius 2 is 2.19 bits per heavy atom. The van der Waals surface area contributed by atoms with Gasteiger partial charge in [0.15, 0.2) is 6.29 Å². The summed E-state index contributed by atoms with van der Waals surface area (Å²) < 4.78 is 11.3. The molecule has 16 heavy (non-hydrogen) atoms. The molecule has 0 saturated carbocycles. The molecule has 1 fully saturated rings. The van der Waals surface area contributed by atoms with E-state index in [4.69, 9.17) is 9.47 Å². The standard InChI is InChI=1S/C14H20O2/c1-2-12-6-5-7-13(10-12)11-16-14-8-3-4-9-15-14/h5-7,10,14H,2-4,8-9,11H2,1H3. The van der Waals surface area contributed by atoms with E-state index < -0.39 is 0 Å². The maximum atomic E-state index is 5.75. The van der Waals surface area contributed by atoms with Crippen molar-refractivity contribution in [2.24, 2.45) is 0 Å². The van der Waals surface area contributed by atoms with Crippen LogP contribution in [-0.4, -0.2) is 12.9 Å². The zero-order valence-corrected chi connectivity index (χ0v) is 9.95. The summed E-state index contributed by atoms with van der Waals surface area (Å²) in [6.45, 7) is 3.68. The van der Waals surface area contributed by atoms with Crippen LogP contribution in [0.1, 0.15) is 37.3 Å². The molecule has 0 aliphatic carbocycles. The summed E-state index contributed by atoms with van der Waals surface area (Å²) in [6, 6.07) is 8.57. The van der Waals surface area contributed by atoms with Crippen LogP contribution in [-0.2, 0) is 22.5 Å². The maximum Gasteiger partial charge on any atom is 0.158 e. The smallest absolute Gasteiger partial charge is 0.158 e. The van der Waals surface area contributed by atoms with Gasteiger partial charge in [-0.2, -0.15) is 0 Å². The first kappa shape index (κ1) is 11.6. The summed E-state index contributed by atoms with van der Waals surface area (Å²) in [5.74, 6) is 0. The summed E-state index contributed by atoms with van der Waals surface area (Å²) in [4.78, 5) is 0. The van der Waals surface area contributed by atoms with E-state index in [1.807, 2.05) is 0 Å². The Morgan fingerprint density at radius 1 is 1.31 bits per heavy atom. The number of ether oxygens (including phenoxy) is 2. The molecule has 88 valence electrons. The molecule has 0 radical (unpaired) electrons. The normalized spacial score (nSPS) is 20.9. The molecule has 1 aliphatic heterocycles. The second kappa shape index (κ2) is 6.02. The van der Waals surface area contributed by atoms with Gasteiger partial charge in [0, 0.05) is 6.61 Å². The number of aryl methyl sites for hydroxylation is 1. The molecule has 1 heterocycles. The lowest BCUT2D eigenvalue weighted by Crippen LogP contribution is -2.22. The largest absolute Gasteiger partial charge is 0.353 e. The second-order valence-corrected chi connectivity index (χ2v) is 4.28. The molecule has 0 bridgehead atoms. The van der Waals surface area contributed by atoms with Gasteiger partial charge in [0.1, 0.15) is 0 Å². The van der Waals surface area contributed by atoms with E-state index >= 15 is 0 Å². The van der Waals surface area contributed by atoms with Crippen molar-refractivity contribution in [2.45, 2.75) is 45.5 Å². The van der Waals surface area contributed by atoms with Crippen LogP contribution in [0.4, 0.5) is 0 Å². The van der Waals surface area contributed by atoms with Crippen LogP contribution in [0.15, 0.2) is 24.3 Å². The van der Waals surface area contributed by atoms with E-state index in [0.29, 0.717) is 6.61 Å². The minimum atomic E-state index is 0.0130. The molecule has 2 nitrogen and oxygen atoms in total. The molecule has 1 aromatic rings. The minimum absolute atomic E-state index is 0.0130. The molecule has 2 rings (SSSR count). The molecule has 0 spiro atoms. The summed E-state index contributed by atoms with van der Waals surface area (Å²) in [7, 11) is 0. The van der Waals surface area contributed by atoms with Crippen molar-refractivity contribution >= 4 is 0 Å². The highest BCUT2D eigenvalue weighted by atomic mass is 16.7. The third-order valence-electron chi connectivity index (χ3n) is 2.97. The summed E-state index contributed by atoms with van der Waals surface area (Å²) in [6.07, 6.45) is 4.52. The fourth-order valence-corrected chi connectivity index (χ4v) is 1.97. The molecular weight excluding hydrogens is 200 g/mol.